The van der Waals surface area contributed by atoms with E-state index in [1.165, 1.54) is 0 Å². The zero-order valence-corrected chi connectivity index (χ0v) is 23.5. The van der Waals surface area contributed by atoms with Crippen molar-refractivity contribution in [3.8, 4) is 0 Å². The first-order chi connectivity index (χ1) is 19.7. The molecule has 2 aromatic rings. The third-order valence-electron chi connectivity index (χ3n) is 6.78. The van der Waals surface area contributed by atoms with Crippen LogP contribution in [0.4, 0.5) is 0 Å². The van der Waals surface area contributed by atoms with Gasteiger partial charge < -0.3 is 47.6 Å². The molecule has 0 aromatic heterocycles. The summed E-state index contributed by atoms with van der Waals surface area (Å²) in [6.45, 7) is 2.47. The molecule has 42 heavy (non-hydrogen) atoms. The lowest BCUT2D eigenvalue weighted by Gasteiger charge is -2.34. The van der Waals surface area contributed by atoms with Crippen LogP contribution in [-0.4, -0.2) is 85.6 Å². The third-order valence-corrected chi connectivity index (χ3v) is 6.78. The quantitative estimate of drug-likeness (QED) is 0.106. The highest BCUT2D eigenvalue weighted by Gasteiger charge is 2.47. The number of carbonyl (C=O) groups is 4. The number of nitrogens with two attached hydrogens (primary N) is 2. The molecular weight excluding hydrogens is 548 g/mol. The van der Waals surface area contributed by atoms with E-state index in [9.17, 15) is 44.7 Å². The first-order valence-electron chi connectivity index (χ1n) is 13.4. The smallest absolute Gasteiger partial charge is 0.305 e. The highest BCUT2D eigenvalue weighted by atomic mass is 16.4. The first-order valence-corrected chi connectivity index (χ1v) is 13.4. The Hall–Kier alpha value is -3.72. The second-order valence-corrected chi connectivity index (χ2v) is 10.6. The van der Waals surface area contributed by atoms with Gasteiger partial charge in [-0.05, 0) is 23.5 Å². The molecular formula is C29H40N4O9. The number of ketones is 1. The SMILES string of the molecule is CC(C)C[C@](N)(C(=O)N[C@@H](CO)[C@@H](O)[C@@H](O)[C@H](O)C(=O)N[C@@H](CC(=O)O)c1ccccc1)C(=O)C(N)c1ccccc1. The molecule has 0 saturated heterocycles. The molecule has 2 amide bonds. The molecule has 13 heteroatoms. The van der Waals surface area contributed by atoms with Crippen molar-refractivity contribution in [2.75, 3.05) is 6.61 Å². The lowest BCUT2D eigenvalue weighted by Crippen LogP contribution is -2.66. The molecule has 0 heterocycles. The molecule has 2 aromatic carbocycles. The average Bonchev–Trinajstić information content (AvgIpc) is 2.97. The molecule has 0 fully saturated rings. The van der Waals surface area contributed by atoms with E-state index in [0.29, 0.717) is 11.1 Å². The van der Waals surface area contributed by atoms with Gasteiger partial charge in [-0.15, -0.1) is 0 Å². The second kappa shape index (κ2) is 15.5. The van der Waals surface area contributed by atoms with Crippen LogP contribution in [0.1, 0.15) is 49.9 Å². The Morgan fingerprint density at radius 3 is 1.86 bits per heavy atom. The van der Waals surface area contributed by atoms with Crippen molar-refractivity contribution < 1.29 is 44.7 Å². The van der Waals surface area contributed by atoms with E-state index in [2.05, 4.69) is 10.6 Å². The molecule has 0 bridgehead atoms. The molecule has 0 aliphatic carbocycles. The van der Waals surface area contributed by atoms with Gasteiger partial charge in [-0.25, -0.2) is 0 Å². The van der Waals surface area contributed by atoms with Crippen molar-refractivity contribution in [1.29, 1.82) is 0 Å². The minimum Gasteiger partial charge on any atom is -0.481 e. The van der Waals surface area contributed by atoms with E-state index in [0.717, 1.165) is 0 Å². The summed E-state index contributed by atoms with van der Waals surface area (Å²) in [7, 11) is 0. The van der Waals surface area contributed by atoms with Crippen LogP contribution < -0.4 is 22.1 Å². The number of amides is 2. The molecule has 230 valence electrons. The molecule has 0 aliphatic rings. The molecule has 13 nitrogen and oxygen atoms in total. The maximum Gasteiger partial charge on any atom is 0.305 e. The summed E-state index contributed by atoms with van der Waals surface area (Å²) in [6, 6.07) is 12.3. The van der Waals surface area contributed by atoms with Crippen LogP contribution in [0.15, 0.2) is 60.7 Å². The Labute approximate surface area is 243 Å². The monoisotopic (exact) mass is 588 g/mol. The van der Waals surface area contributed by atoms with Crippen molar-refractivity contribution in [1.82, 2.24) is 10.6 Å². The van der Waals surface area contributed by atoms with E-state index >= 15 is 0 Å². The van der Waals surface area contributed by atoms with E-state index in [4.69, 9.17) is 11.5 Å². The number of aliphatic hydroxyl groups excluding tert-OH is 4. The fourth-order valence-electron chi connectivity index (χ4n) is 4.52. The van der Waals surface area contributed by atoms with E-state index in [1.807, 2.05) is 0 Å². The number of carboxylic acids is 1. The molecule has 0 radical (unpaired) electrons. The lowest BCUT2D eigenvalue weighted by molar-refractivity contribution is -0.145. The van der Waals surface area contributed by atoms with Gasteiger partial charge in [-0.2, -0.15) is 0 Å². The first kappa shape index (κ1) is 34.5. The number of rotatable bonds is 16. The van der Waals surface area contributed by atoms with Crippen LogP contribution >= 0.6 is 0 Å². The third kappa shape index (κ3) is 8.89. The van der Waals surface area contributed by atoms with Crippen molar-refractivity contribution in [2.24, 2.45) is 17.4 Å². The van der Waals surface area contributed by atoms with Gasteiger partial charge in [0.1, 0.15) is 12.2 Å². The zero-order valence-electron chi connectivity index (χ0n) is 23.5. The molecule has 7 atom stereocenters. The Morgan fingerprint density at radius 1 is 0.857 bits per heavy atom. The van der Waals surface area contributed by atoms with Gasteiger partial charge in [-0.3, -0.25) is 19.2 Å². The number of carboxylic acid groups (broad SMARTS) is 1. The Morgan fingerprint density at radius 2 is 1.38 bits per heavy atom. The summed E-state index contributed by atoms with van der Waals surface area (Å²) in [5.41, 5.74) is 11.1. The van der Waals surface area contributed by atoms with Gasteiger partial charge in [0.05, 0.1) is 31.2 Å². The van der Waals surface area contributed by atoms with Gasteiger partial charge in [0.2, 0.25) is 5.91 Å². The standard InChI is InChI=1S/C29H40N4O9/c1-16(2)14-29(31,26(40)22(30)18-11-7-4-8-12-18)28(42)33-20(15-34)23(37)24(38)25(39)27(41)32-19(13-21(35)36)17-9-5-3-6-10-17/h3-12,16,19-20,22-25,34,37-39H,13-15,30-31H2,1-2H3,(H,32,41)(H,33,42)(H,35,36)/t19-,20-,22?,23+,24+,25-,29+/m0/s1. The summed E-state index contributed by atoms with van der Waals surface area (Å²) in [4.78, 5) is 50.8. The van der Waals surface area contributed by atoms with Crippen LogP contribution in [0.25, 0.3) is 0 Å². The fraction of sp³-hybridized carbons (Fsp3) is 0.448. The minimum atomic E-state index is -2.29. The molecule has 2 rings (SSSR count). The summed E-state index contributed by atoms with van der Waals surface area (Å²) < 4.78 is 0. The van der Waals surface area contributed by atoms with Crippen molar-refractivity contribution in [3.63, 3.8) is 0 Å². The fourth-order valence-corrected chi connectivity index (χ4v) is 4.52. The number of benzene rings is 2. The summed E-state index contributed by atoms with van der Waals surface area (Å²) in [5.74, 6) is -4.63. The normalized spacial score (nSPS) is 17.2. The largest absolute Gasteiger partial charge is 0.481 e. The topological polar surface area (TPSA) is 246 Å². The van der Waals surface area contributed by atoms with Crippen LogP contribution in [0.2, 0.25) is 0 Å². The summed E-state index contributed by atoms with van der Waals surface area (Å²) in [5, 5.41) is 55.4. The van der Waals surface area contributed by atoms with Crippen LogP contribution in [0.5, 0.6) is 0 Å². The van der Waals surface area contributed by atoms with Crippen molar-refractivity contribution in [2.45, 2.75) is 68.7 Å². The number of Topliss-reactive ketones (excluding diaryl/α,β-unsaturated/α-hetero) is 1. The average molecular weight is 589 g/mol. The van der Waals surface area contributed by atoms with E-state index in [-0.39, 0.29) is 12.3 Å². The Bertz CT molecular complexity index is 1200. The van der Waals surface area contributed by atoms with Crippen molar-refractivity contribution in [3.05, 3.63) is 71.8 Å². The van der Waals surface area contributed by atoms with Crippen LogP contribution in [0, 0.1) is 5.92 Å². The Balaban J connectivity index is 2.20. The van der Waals surface area contributed by atoms with E-state index in [1.54, 1.807) is 74.5 Å². The number of nitrogens with one attached hydrogen (secondary N) is 2. The molecule has 1 unspecified atom stereocenters. The van der Waals surface area contributed by atoms with Gasteiger partial charge in [0, 0.05) is 0 Å². The number of hydrogen-bond donors (Lipinski definition) is 9. The predicted molar refractivity (Wildman–Crippen MR) is 151 cm³/mol. The highest BCUT2D eigenvalue weighted by Crippen LogP contribution is 2.24. The maximum absolute atomic E-state index is 13.4. The summed E-state index contributed by atoms with van der Waals surface area (Å²) >= 11 is 0. The zero-order chi connectivity index (χ0) is 31.6. The number of aliphatic hydroxyl groups is 4. The molecule has 11 N–H and O–H groups in total. The maximum atomic E-state index is 13.4. The molecule has 0 aliphatic heterocycles. The minimum absolute atomic E-state index is 0.148. The van der Waals surface area contributed by atoms with Crippen molar-refractivity contribution >= 4 is 23.6 Å². The van der Waals surface area contributed by atoms with Gasteiger partial charge in [0.25, 0.3) is 5.91 Å². The van der Waals surface area contributed by atoms with Gasteiger partial charge >= 0.3 is 5.97 Å². The lowest BCUT2D eigenvalue weighted by atomic mass is 9.80. The van der Waals surface area contributed by atoms with E-state index < -0.39 is 78.6 Å². The predicted octanol–water partition coefficient (Wildman–Crippen LogP) is -1.11. The summed E-state index contributed by atoms with van der Waals surface area (Å²) in [6.07, 6.45) is -7.34. The Kier molecular flexibility index (Phi) is 12.7. The number of hydrogen-bond acceptors (Lipinski definition) is 10. The van der Waals surface area contributed by atoms with Gasteiger partial charge in [0.15, 0.2) is 17.4 Å². The molecule has 0 spiro atoms. The highest BCUT2D eigenvalue weighted by molar-refractivity contribution is 6.12. The van der Waals surface area contributed by atoms with Crippen LogP contribution in [-0.2, 0) is 19.2 Å². The molecule has 0 saturated carbocycles. The number of aliphatic carboxylic acids is 1. The van der Waals surface area contributed by atoms with Gasteiger partial charge in [-0.1, -0.05) is 74.5 Å². The number of carbonyl (C=O) groups excluding carboxylic acids is 3. The second-order valence-electron chi connectivity index (χ2n) is 10.6. The van der Waals surface area contributed by atoms with Crippen LogP contribution in [0.3, 0.4) is 0 Å².